The number of ether oxygens (including phenoxy) is 1. The molecule has 2 rings (SSSR count). The van der Waals surface area contributed by atoms with Gasteiger partial charge in [-0.2, -0.15) is 4.31 Å². The van der Waals surface area contributed by atoms with E-state index in [0.717, 1.165) is 18.4 Å². The van der Waals surface area contributed by atoms with Gasteiger partial charge in [-0.1, -0.05) is 19.4 Å². The van der Waals surface area contributed by atoms with Crippen molar-refractivity contribution < 1.29 is 17.9 Å². The number of hydrogen-bond donors (Lipinski definition) is 1. The van der Waals surface area contributed by atoms with Gasteiger partial charge in [-0.15, -0.1) is 0 Å². The number of amides is 1. The fourth-order valence-electron chi connectivity index (χ4n) is 2.75. The largest absolute Gasteiger partial charge is 0.379 e. The van der Waals surface area contributed by atoms with Gasteiger partial charge in [0.25, 0.3) is 5.91 Å². The van der Waals surface area contributed by atoms with E-state index in [2.05, 4.69) is 12.2 Å². The number of hydrogen-bond acceptors (Lipinski definition) is 4. The predicted molar refractivity (Wildman–Crippen MR) is 92.6 cm³/mol. The molecule has 1 saturated heterocycles. The second-order valence-corrected chi connectivity index (χ2v) is 8.09. The summed E-state index contributed by atoms with van der Waals surface area (Å²) in [6.45, 7) is 7.29. The summed E-state index contributed by atoms with van der Waals surface area (Å²) in [6.07, 6.45) is 1.86. The van der Waals surface area contributed by atoms with Gasteiger partial charge in [0, 0.05) is 24.7 Å². The first kappa shape index (κ1) is 18.9. The molecule has 0 spiro atoms. The number of benzene rings is 1. The predicted octanol–water partition coefficient (Wildman–Crippen LogP) is 1.93. The van der Waals surface area contributed by atoms with Crippen LogP contribution < -0.4 is 5.32 Å². The summed E-state index contributed by atoms with van der Waals surface area (Å²) in [4.78, 5) is 12.6. The van der Waals surface area contributed by atoms with E-state index in [9.17, 15) is 13.2 Å². The van der Waals surface area contributed by atoms with Crippen LogP contribution in [0.25, 0.3) is 0 Å². The van der Waals surface area contributed by atoms with Crippen molar-refractivity contribution in [3.8, 4) is 0 Å². The molecule has 24 heavy (non-hydrogen) atoms. The monoisotopic (exact) mass is 354 g/mol. The number of carbonyl (C=O) groups is 1. The van der Waals surface area contributed by atoms with Crippen molar-refractivity contribution >= 4 is 15.9 Å². The van der Waals surface area contributed by atoms with Crippen molar-refractivity contribution in [2.75, 3.05) is 26.3 Å². The van der Waals surface area contributed by atoms with Crippen molar-refractivity contribution in [2.24, 2.45) is 0 Å². The van der Waals surface area contributed by atoms with Crippen LogP contribution in [0, 0.1) is 6.92 Å². The molecule has 7 heteroatoms. The van der Waals surface area contributed by atoms with Crippen LogP contribution in [0.4, 0.5) is 0 Å². The van der Waals surface area contributed by atoms with Gasteiger partial charge in [-0.05, 0) is 38.0 Å². The lowest BCUT2D eigenvalue weighted by Gasteiger charge is -2.26. The average Bonchev–Trinajstić information content (AvgIpc) is 2.56. The lowest BCUT2D eigenvalue weighted by Crippen LogP contribution is -2.40. The summed E-state index contributed by atoms with van der Waals surface area (Å²) in [7, 11) is -3.60. The minimum atomic E-state index is -3.60. The molecule has 1 unspecified atom stereocenters. The fourth-order valence-corrected chi connectivity index (χ4v) is 4.18. The van der Waals surface area contributed by atoms with Crippen LogP contribution in [-0.4, -0.2) is 51.0 Å². The van der Waals surface area contributed by atoms with Crippen LogP contribution in [0.15, 0.2) is 23.1 Å². The highest BCUT2D eigenvalue weighted by Gasteiger charge is 2.27. The highest BCUT2D eigenvalue weighted by Crippen LogP contribution is 2.20. The third-order valence-electron chi connectivity index (χ3n) is 4.16. The van der Waals surface area contributed by atoms with Crippen molar-refractivity contribution in [3.05, 3.63) is 29.3 Å². The zero-order valence-corrected chi connectivity index (χ0v) is 15.4. The zero-order valence-electron chi connectivity index (χ0n) is 14.5. The van der Waals surface area contributed by atoms with Crippen LogP contribution in [0.2, 0.25) is 0 Å². The summed E-state index contributed by atoms with van der Waals surface area (Å²) in [5, 5.41) is 2.93. The molecule has 1 aliphatic rings. The Morgan fingerprint density at radius 3 is 2.62 bits per heavy atom. The van der Waals surface area contributed by atoms with Crippen molar-refractivity contribution in [1.29, 1.82) is 0 Å². The van der Waals surface area contributed by atoms with E-state index in [-0.39, 0.29) is 16.8 Å². The first-order valence-corrected chi connectivity index (χ1v) is 9.79. The van der Waals surface area contributed by atoms with E-state index in [0.29, 0.717) is 31.9 Å². The normalized spacial score (nSPS) is 17.5. The van der Waals surface area contributed by atoms with Crippen molar-refractivity contribution in [1.82, 2.24) is 9.62 Å². The Balaban J connectivity index is 2.26. The number of carbonyl (C=O) groups excluding carboxylic acids is 1. The Morgan fingerprint density at radius 1 is 1.33 bits per heavy atom. The maximum atomic E-state index is 12.7. The first-order valence-electron chi connectivity index (χ1n) is 8.35. The van der Waals surface area contributed by atoms with Crippen molar-refractivity contribution in [3.63, 3.8) is 0 Å². The molecule has 1 aromatic rings. The van der Waals surface area contributed by atoms with Crippen LogP contribution in [0.3, 0.4) is 0 Å². The lowest BCUT2D eigenvalue weighted by atomic mass is 10.1. The Hall–Kier alpha value is -1.44. The number of nitrogens with zero attached hydrogens (tertiary/aromatic N) is 1. The van der Waals surface area contributed by atoms with E-state index in [1.165, 1.54) is 10.4 Å². The van der Waals surface area contributed by atoms with E-state index in [1.807, 2.05) is 13.8 Å². The first-order chi connectivity index (χ1) is 11.4. The SMILES string of the molecule is CCCC(C)NC(=O)c1cc(S(=O)(=O)N2CCOCC2)ccc1C. The van der Waals surface area contributed by atoms with Crippen LogP contribution in [-0.2, 0) is 14.8 Å². The van der Waals surface area contributed by atoms with Gasteiger partial charge < -0.3 is 10.1 Å². The van der Waals surface area contributed by atoms with Gasteiger partial charge >= 0.3 is 0 Å². The number of morpholine rings is 1. The second-order valence-electron chi connectivity index (χ2n) is 6.16. The second kappa shape index (κ2) is 8.09. The maximum Gasteiger partial charge on any atom is 0.251 e. The van der Waals surface area contributed by atoms with Gasteiger partial charge in [0.2, 0.25) is 10.0 Å². The van der Waals surface area contributed by atoms with Gasteiger partial charge in [-0.25, -0.2) is 8.42 Å². The highest BCUT2D eigenvalue weighted by atomic mass is 32.2. The molecule has 1 fully saturated rings. The highest BCUT2D eigenvalue weighted by molar-refractivity contribution is 7.89. The van der Waals surface area contributed by atoms with E-state index in [1.54, 1.807) is 12.1 Å². The molecule has 1 N–H and O–H groups in total. The van der Waals surface area contributed by atoms with Crippen LogP contribution in [0.1, 0.15) is 42.6 Å². The maximum absolute atomic E-state index is 12.7. The van der Waals surface area contributed by atoms with Gasteiger partial charge in [-0.3, -0.25) is 4.79 Å². The van der Waals surface area contributed by atoms with Gasteiger partial charge in [0.15, 0.2) is 0 Å². The molecular formula is C17H26N2O4S. The summed E-state index contributed by atoms with van der Waals surface area (Å²) in [5.74, 6) is -0.229. The Morgan fingerprint density at radius 2 is 2.00 bits per heavy atom. The molecule has 6 nitrogen and oxygen atoms in total. The van der Waals surface area contributed by atoms with E-state index in [4.69, 9.17) is 4.74 Å². The molecule has 1 heterocycles. The number of sulfonamides is 1. The molecule has 1 amide bonds. The minimum absolute atomic E-state index is 0.0569. The molecule has 1 atom stereocenters. The molecule has 1 aliphatic heterocycles. The van der Waals surface area contributed by atoms with Gasteiger partial charge in [0.05, 0.1) is 18.1 Å². The third-order valence-corrected chi connectivity index (χ3v) is 6.06. The molecule has 0 aromatic heterocycles. The van der Waals surface area contributed by atoms with Crippen LogP contribution in [0.5, 0.6) is 0 Å². The summed E-state index contributed by atoms with van der Waals surface area (Å²) in [5.41, 5.74) is 1.17. The number of nitrogens with one attached hydrogen (secondary N) is 1. The van der Waals surface area contributed by atoms with E-state index >= 15 is 0 Å². The standard InChI is InChI=1S/C17H26N2O4S/c1-4-5-14(3)18-17(20)16-12-15(7-6-13(16)2)24(21,22)19-8-10-23-11-9-19/h6-7,12,14H,4-5,8-11H2,1-3H3,(H,18,20). The number of aryl methyl sites for hydroxylation is 1. The Kier molecular flexibility index (Phi) is 6.37. The summed E-state index contributed by atoms with van der Waals surface area (Å²) >= 11 is 0. The van der Waals surface area contributed by atoms with Crippen molar-refractivity contribution in [2.45, 2.75) is 44.6 Å². The van der Waals surface area contributed by atoms with Crippen LogP contribution >= 0.6 is 0 Å². The third kappa shape index (κ3) is 4.34. The molecular weight excluding hydrogens is 328 g/mol. The fraction of sp³-hybridized carbons (Fsp3) is 0.588. The molecule has 0 saturated carbocycles. The molecule has 134 valence electrons. The Labute approximate surface area is 144 Å². The molecule has 1 aromatic carbocycles. The smallest absolute Gasteiger partial charge is 0.251 e. The Bertz CT molecular complexity index is 682. The lowest BCUT2D eigenvalue weighted by molar-refractivity contribution is 0.0730. The molecule has 0 aliphatic carbocycles. The molecule has 0 bridgehead atoms. The minimum Gasteiger partial charge on any atom is -0.379 e. The quantitative estimate of drug-likeness (QED) is 0.847. The van der Waals surface area contributed by atoms with E-state index < -0.39 is 10.0 Å². The summed E-state index contributed by atoms with van der Waals surface area (Å²) in [6, 6.07) is 4.79. The topological polar surface area (TPSA) is 75.7 Å². The molecule has 0 radical (unpaired) electrons. The summed E-state index contributed by atoms with van der Waals surface area (Å²) < 4.78 is 32.1. The average molecular weight is 354 g/mol. The zero-order chi connectivity index (χ0) is 17.7. The number of rotatable bonds is 6. The van der Waals surface area contributed by atoms with Gasteiger partial charge in [0.1, 0.15) is 0 Å².